The maximum Gasteiger partial charge on any atom is 0.119 e. The summed E-state index contributed by atoms with van der Waals surface area (Å²) in [6, 6.07) is 8.14. The van der Waals surface area contributed by atoms with Gasteiger partial charge in [0.1, 0.15) is 5.75 Å². The van der Waals surface area contributed by atoms with E-state index < -0.39 is 0 Å². The van der Waals surface area contributed by atoms with Crippen LogP contribution < -0.4 is 10.5 Å². The lowest BCUT2D eigenvalue weighted by Crippen LogP contribution is -2.16. The van der Waals surface area contributed by atoms with Crippen molar-refractivity contribution in [3.8, 4) is 5.75 Å². The van der Waals surface area contributed by atoms with Crippen LogP contribution in [-0.2, 0) is 0 Å². The Balaban J connectivity index is 2.72. The highest BCUT2D eigenvalue weighted by Crippen LogP contribution is 2.21. The average Bonchev–Trinajstić information content (AvgIpc) is 2.18. The zero-order valence-corrected chi connectivity index (χ0v) is 9.16. The quantitative estimate of drug-likeness (QED) is 0.798. The van der Waals surface area contributed by atoms with Crippen LogP contribution in [0.2, 0.25) is 0 Å². The van der Waals surface area contributed by atoms with E-state index in [1.54, 1.807) is 0 Å². The van der Waals surface area contributed by atoms with Gasteiger partial charge in [0.05, 0.1) is 6.61 Å². The first kappa shape index (κ1) is 11.1. The van der Waals surface area contributed by atoms with Crippen molar-refractivity contribution < 1.29 is 4.74 Å². The van der Waals surface area contributed by atoms with Gasteiger partial charge in [0.2, 0.25) is 0 Å². The van der Waals surface area contributed by atoms with E-state index in [9.17, 15) is 0 Å². The van der Waals surface area contributed by atoms with Gasteiger partial charge in [0.25, 0.3) is 0 Å². The van der Waals surface area contributed by atoms with E-state index in [2.05, 4.69) is 13.8 Å². The predicted octanol–water partition coefficient (Wildman–Crippen LogP) is 2.74. The molecule has 0 aliphatic rings. The lowest BCUT2D eigenvalue weighted by molar-refractivity contribution is 0.340. The van der Waals surface area contributed by atoms with Gasteiger partial charge in [-0.2, -0.15) is 0 Å². The summed E-state index contributed by atoms with van der Waals surface area (Å²) in [4.78, 5) is 0. The minimum absolute atomic E-state index is 0.116. The minimum Gasteiger partial charge on any atom is -0.494 e. The fraction of sp³-hybridized carbons (Fsp3) is 0.500. The van der Waals surface area contributed by atoms with Gasteiger partial charge in [-0.15, -0.1) is 0 Å². The molecule has 1 rings (SSSR count). The largest absolute Gasteiger partial charge is 0.494 e. The molecule has 2 heteroatoms. The van der Waals surface area contributed by atoms with Gasteiger partial charge in [-0.05, 0) is 30.5 Å². The van der Waals surface area contributed by atoms with E-state index in [1.807, 2.05) is 31.2 Å². The molecular formula is C12H19NO. The van der Waals surface area contributed by atoms with Crippen molar-refractivity contribution in [3.63, 3.8) is 0 Å². The molecule has 0 amide bonds. The third kappa shape index (κ3) is 2.74. The highest BCUT2D eigenvalue weighted by Gasteiger charge is 2.09. The standard InChI is InChI=1S/C12H19NO/c1-4-14-11-7-5-10(6-8-11)12(13)9(2)3/h5-9,12H,4,13H2,1-3H3/t12-/m0/s1. The van der Waals surface area contributed by atoms with Crippen LogP contribution in [0.5, 0.6) is 5.75 Å². The van der Waals surface area contributed by atoms with Crippen LogP contribution >= 0.6 is 0 Å². The molecule has 78 valence electrons. The van der Waals surface area contributed by atoms with E-state index >= 15 is 0 Å². The van der Waals surface area contributed by atoms with E-state index in [4.69, 9.17) is 10.5 Å². The van der Waals surface area contributed by atoms with E-state index in [0.29, 0.717) is 12.5 Å². The van der Waals surface area contributed by atoms with Gasteiger partial charge in [-0.25, -0.2) is 0 Å². The molecule has 14 heavy (non-hydrogen) atoms. The first-order valence-electron chi connectivity index (χ1n) is 5.13. The lowest BCUT2D eigenvalue weighted by Gasteiger charge is -2.16. The number of nitrogens with two attached hydrogens (primary N) is 1. The summed E-state index contributed by atoms with van der Waals surface area (Å²) in [6.07, 6.45) is 0. The number of ether oxygens (including phenoxy) is 1. The topological polar surface area (TPSA) is 35.2 Å². The van der Waals surface area contributed by atoms with Crippen molar-refractivity contribution in [2.75, 3.05) is 6.61 Å². The lowest BCUT2D eigenvalue weighted by atomic mass is 9.97. The molecule has 0 heterocycles. The Kier molecular flexibility index (Phi) is 3.96. The van der Waals surface area contributed by atoms with E-state index in [-0.39, 0.29) is 6.04 Å². The second-order valence-electron chi connectivity index (χ2n) is 3.77. The van der Waals surface area contributed by atoms with Crippen molar-refractivity contribution in [1.82, 2.24) is 0 Å². The normalized spacial score (nSPS) is 12.9. The molecular weight excluding hydrogens is 174 g/mol. The molecule has 0 fully saturated rings. The fourth-order valence-corrected chi connectivity index (χ4v) is 1.34. The summed E-state index contributed by atoms with van der Waals surface area (Å²) in [5.74, 6) is 1.38. The van der Waals surface area contributed by atoms with E-state index in [1.165, 1.54) is 5.56 Å². The van der Waals surface area contributed by atoms with Crippen molar-refractivity contribution in [2.45, 2.75) is 26.8 Å². The van der Waals surface area contributed by atoms with Gasteiger partial charge in [0.15, 0.2) is 0 Å². The van der Waals surface area contributed by atoms with Crippen LogP contribution in [0.25, 0.3) is 0 Å². The van der Waals surface area contributed by atoms with Crippen molar-refractivity contribution in [3.05, 3.63) is 29.8 Å². The maximum atomic E-state index is 6.02. The maximum absolute atomic E-state index is 6.02. The molecule has 0 spiro atoms. The smallest absolute Gasteiger partial charge is 0.119 e. The fourth-order valence-electron chi connectivity index (χ4n) is 1.34. The van der Waals surface area contributed by atoms with Crippen LogP contribution in [-0.4, -0.2) is 6.61 Å². The molecule has 1 aromatic carbocycles. The summed E-state index contributed by atoms with van der Waals surface area (Å²) >= 11 is 0. The molecule has 2 N–H and O–H groups in total. The molecule has 0 aliphatic heterocycles. The molecule has 1 atom stereocenters. The first-order chi connectivity index (χ1) is 6.65. The zero-order valence-electron chi connectivity index (χ0n) is 9.16. The first-order valence-corrected chi connectivity index (χ1v) is 5.13. The number of hydrogen-bond donors (Lipinski definition) is 1. The van der Waals surface area contributed by atoms with Crippen LogP contribution in [0.15, 0.2) is 24.3 Å². The Hall–Kier alpha value is -1.02. The highest BCUT2D eigenvalue weighted by molar-refractivity contribution is 5.29. The molecule has 0 aromatic heterocycles. The van der Waals surface area contributed by atoms with Gasteiger partial charge >= 0.3 is 0 Å². The molecule has 1 aromatic rings. The summed E-state index contributed by atoms with van der Waals surface area (Å²) in [5.41, 5.74) is 7.19. The Morgan fingerprint density at radius 1 is 1.21 bits per heavy atom. The molecule has 0 aliphatic carbocycles. The average molecular weight is 193 g/mol. The van der Waals surface area contributed by atoms with Gasteiger partial charge in [0, 0.05) is 6.04 Å². The van der Waals surface area contributed by atoms with Crippen molar-refractivity contribution >= 4 is 0 Å². The second kappa shape index (κ2) is 5.01. The molecule has 0 unspecified atom stereocenters. The summed E-state index contributed by atoms with van der Waals surface area (Å²) < 4.78 is 5.36. The Morgan fingerprint density at radius 2 is 1.79 bits per heavy atom. The number of hydrogen-bond acceptors (Lipinski definition) is 2. The van der Waals surface area contributed by atoms with Crippen LogP contribution in [0, 0.1) is 5.92 Å². The predicted molar refractivity (Wildman–Crippen MR) is 59.4 cm³/mol. The Labute approximate surface area is 86.1 Å². The number of rotatable bonds is 4. The number of benzene rings is 1. The zero-order chi connectivity index (χ0) is 10.6. The summed E-state index contributed by atoms with van der Waals surface area (Å²) in [6.45, 7) is 6.94. The van der Waals surface area contributed by atoms with Gasteiger partial charge in [-0.1, -0.05) is 26.0 Å². The molecule has 0 bridgehead atoms. The Bertz CT molecular complexity index is 266. The van der Waals surface area contributed by atoms with Crippen molar-refractivity contribution in [2.24, 2.45) is 11.7 Å². The summed E-state index contributed by atoms with van der Waals surface area (Å²) in [7, 11) is 0. The van der Waals surface area contributed by atoms with Crippen LogP contribution in [0.1, 0.15) is 32.4 Å². The van der Waals surface area contributed by atoms with Crippen LogP contribution in [0.4, 0.5) is 0 Å². The van der Waals surface area contributed by atoms with Gasteiger partial charge < -0.3 is 10.5 Å². The minimum atomic E-state index is 0.116. The highest BCUT2D eigenvalue weighted by atomic mass is 16.5. The molecule has 0 saturated carbocycles. The van der Waals surface area contributed by atoms with Crippen molar-refractivity contribution in [1.29, 1.82) is 0 Å². The third-order valence-electron chi connectivity index (χ3n) is 2.29. The monoisotopic (exact) mass is 193 g/mol. The SMILES string of the molecule is CCOc1ccc([C@@H](N)C(C)C)cc1. The summed E-state index contributed by atoms with van der Waals surface area (Å²) in [5, 5.41) is 0. The van der Waals surface area contributed by atoms with Gasteiger partial charge in [-0.3, -0.25) is 0 Å². The molecule has 2 nitrogen and oxygen atoms in total. The Morgan fingerprint density at radius 3 is 2.21 bits per heavy atom. The third-order valence-corrected chi connectivity index (χ3v) is 2.29. The van der Waals surface area contributed by atoms with Crippen LogP contribution in [0.3, 0.4) is 0 Å². The second-order valence-corrected chi connectivity index (χ2v) is 3.77. The van der Waals surface area contributed by atoms with E-state index in [0.717, 1.165) is 5.75 Å². The molecule has 0 saturated heterocycles. The molecule has 0 radical (unpaired) electrons.